The molecule has 0 aromatic carbocycles. The number of nitriles is 1. The summed E-state index contributed by atoms with van der Waals surface area (Å²) < 4.78 is 0. The number of carbonyl (C=O) groups excluding carboxylic acids is 1. The van der Waals surface area contributed by atoms with Crippen molar-refractivity contribution >= 4 is 5.91 Å². The second-order valence-electron chi connectivity index (χ2n) is 4.11. The minimum Gasteiger partial charge on any atom is -0.356 e. The molecular weight excluding hydrogens is 176 g/mol. The summed E-state index contributed by atoms with van der Waals surface area (Å²) in [4.78, 5) is 11.6. The van der Waals surface area contributed by atoms with Crippen molar-refractivity contribution in [1.82, 2.24) is 5.32 Å². The van der Waals surface area contributed by atoms with E-state index < -0.39 is 0 Å². The Labute approximate surface area is 86.5 Å². The highest BCUT2D eigenvalue weighted by Gasteiger charge is 2.24. The highest BCUT2D eigenvalue weighted by molar-refractivity contribution is 5.81. The Balaban J connectivity index is 3.60. The fraction of sp³-hybridized carbons (Fsp3) is 0.818. The van der Waals surface area contributed by atoms with Gasteiger partial charge in [-0.15, -0.1) is 0 Å². The van der Waals surface area contributed by atoms with E-state index in [1.165, 1.54) is 0 Å². The van der Waals surface area contributed by atoms with Crippen LogP contribution in [0.15, 0.2) is 0 Å². The zero-order valence-corrected chi connectivity index (χ0v) is 9.39. The first kappa shape index (κ1) is 13.0. The van der Waals surface area contributed by atoms with Gasteiger partial charge in [0.15, 0.2) is 0 Å². The lowest BCUT2D eigenvalue weighted by Crippen LogP contribution is -2.36. The van der Waals surface area contributed by atoms with Gasteiger partial charge in [-0.2, -0.15) is 5.26 Å². The van der Waals surface area contributed by atoms with Crippen molar-refractivity contribution in [2.75, 3.05) is 6.54 Å². The molecule has 0 aliphatic heterocycles. The highest BCUT2D eigenvalue weighted by atomic mass is 16.2. The van der Waals surface area contributed by atoms with Crippen LogP contribution in [0.1, 0.15) is 46.5 Å². The summed E-state index contributed by atoms with van der Waals surface area (Å²) in [7, 11) is 0. The largest absolute Gasteiger partial charge is 0.356 e. The maximum absolute atomic E-state index is 11.6. The molecule has 0 radical (unpaired) electrons. The van der Waals surface area contributed by atoms with Crippen LogP contribution in [0.2, 0.25) is 0 Å². The van der Waals surface area contributed by atoms with Gasteiger partial charge in [0.05, 0.1) is 6.07 Å². The van der Waals surface area contributed by atoms with Crippen molar-refractivity contribution < 1.29 is 4.79 Å². The first-order valence-corrected chi connectivity index (χ1v) is 5.20. The van der Waals surface area contributed by atoms with Crippen molar-refractivity contribution in [2.24, 2.45) is 5.41 Å². The average Bonchev–Trinajstić information content (AvgIpc) is 2.17. The molecule has 0 aromatic rings. The molecule has 1 N–H and O–H groups in total. The zero-order chi connectivity index (χ0) is 11.0. The second-order valence-corrected chi connectivity index (χ2v) is 4.11. The van der Waals surface area contributed by atoms with Gasteiger partial charge >= 0.3 is 0 Å². The Hall–Kier alpha value is -1.04. The predicted molar refractivity (Wildman–Crippen MR) is 56.5 cm³/mol. The number of hydrogen-bond acceptors (Lipinski definition) is 2. The molecular formula is C11H20N2O. The minimum atomic E-state index is -0.269. The standard InChI is InChI=1S/C11H20N2O/c1-4-11(2,3)10(14)13-9-7-5-6-8-12/h4-7,9H2,1-3H3,(H,13,14). The Morgan fingerprint density at radius 2 is 2.07 bits per heavy atom. The first-order valence-electron chi connectivity index (χ1n) is 5.20. The molecule has 0 aliphatic rings. The van der Waals surface area contributed by atoms with Crippen molar-refractivity contribution in [3.8, 4) is 6.07 Å². The van der Waals surface area contributed by atoms with Crippen molar-refractivity contribution in [1.29, 1.82) is 5.26 Å². The number of amides is 1. The third-order valence-electron chi connectivity index (χ3n) is 2.50. The number of nitrogens with one attached hydrogen (secondary N) is 1. The van der Waals surface area contributed by atoms with Crippen LogP contribution in [0.4, 0.5) is 0 Å². The lowest BCUT2D eigenvalue weighted by atomic mass is 9.89. The molecule has 0 heterocycles. The van der Waals surface area contributed by atoms with E-state index in [1.807, 2.05) is 20.8 Å². The van der Waals surface area contributed by atoms with E-state index >= 15 is 0 Å². The summed E-state index contributed by atoms with van der Waals surface area (Å²) in [6.07, 6.45) is 3.17. The third-order valence-corrected chi connectivity index (χ3v) is 2.50. The van der Waals surface area contributed by atoms with Crippen LogP contribution < -0.4 is 5.32 Å². The molecule has 0 atom stereocenters. The van der Waals surface area contributed by atoms with E-state index in [2.05, 4.69) is 11.4 Å². The molecule has 0 saturated heterocycles. The number of rotatable bonds is 6. The molecule has 3 nitrogen and oxygen atoms in total. The Morgan fingerprint density at radius 1 is 1.43 bits per heavy atom. The molecule has 0 aliphatic carbocycles. The molecule has 0 saturated carbocycles. The highest BCUT2D eigenvalue weighted by Crippen LogP contribution is 2.19. The topological polar surface area (TPSA) is 52.9 Å². The Kier molecular flexibility index (Phi) is 5.94. The molecule has 0 aromatic heterocycles. The van der Waals surface area contributed by atoms with E-state index in [0.29, 0.717) is 13.0 Å². The smallest absolute Gasteiger partial charge is 0.225 e. The summed E-state index contributed by atoms with van der Waals surface area (Å²) >= 11 is 0. The number of unbranched alkanes of at least 4 members (excludes halogenated alkanes) is 2. The van der Waals surface area contributed by atoms with E-state index in [0.717, 1.165) is 19.3 Å². The number of carbonyl (C=O) groups is 1. The fourth-order valence-electron chi connectivity index (χ4n) is 0.931. The minimum absolute atomic E-state index is 0.108. The summed E-state index contributed by atoms with van der Waals surface area (Å²) in [6.45, 7) is 6.58. The molecule has 1 amide bonds. The van der Waals surface area contributed by atoms with Crippen LogP contribution in [0.25, 0.3) is 0 Å². The van der Waals surface area contributed by atoms with Gasteiger partial charge in [-0.25, -0.2) is 0 Å². The van der Waals surface area contributed by atoms with Crippen molar-refractivity contribution in [3.05, 3.63) is 0 Å². The van der Waals surface area contributed by atoms with Gasteiger partial charge in [0.1, 0.15) is 0 Å². The number of hydrogen-bond donors (Lipinski definition) is 1. The van der Waals surface area contributed by atoms with E-state index in [1.54, 1.807) is 0 Å². The van der Waals surface area contributed by atoms with E-state index in [-0.39, 0.29) is 11.3 Å². The molecule has 3 heteroatoms. The van der Waals surface area contributed by atoms with Gasteiger partial charge in [0, 0.05) is 18.4 Å². The van der Waals surface area contributed by atoms with Crippen LogP contribution in [0, 0.1) is 16.7 Å². The molecule has 0 rings (SSSR count). The Bertz CT molecular complexity index is 216. The monoisotopic (exact) mass is 196 g/mol. The van der Waals surface area contributed by atoms with Crippen LogP contribution in [-0.4, -0.2) is 12.5 Å². The molecule has 0 unspecified atom stereocenters. The second kappa shape index (κ2) is 6.42. The SMILES string of the molecule is CCC(C)(C)C(=O)NCCCCC#N. The lowest BCUT2D eigenvalue weighted by Gasteiger charge is -2.21. The van der Waals surface area contributed by atoms with Crippen LogP contribution in [-0.2, 0) is 4.79 Å². The molecule has 0 fully saturated rings. The summed E-state index contributed by atoms with van der Waals surface area (Å²) in [5, 5.41) is 11.2. The quantitative estimate of drug-likeness (QED) is 0.662. The molecule has 80 valence electrons. The van der Waals surface area contributed by atoms with Crippen LogP contribution in [0.5, 0.6) is 0 Å². The van der Waals surface area contributed by atoms with Crippen LogP contribution >= 0.6 is 0 Å². The summed E-state index contributed by atoms with van der Waals surface area (Å²) in [5.74, 6) is 0.108. The predicted octanol–water partition coefficient (Wildman–Crippen LogP) is 2.23. The zero-order valence-electron chi connectivity index (χ0n) is 9.39. The van der Waals surface area contributed by atoms with E-state index in [9.17, 15) is 4.79 Å². The van der Waals surface area contributed by atoms with E-state index in [4.69, 9.17) is 5.26 Å². The molecule has 0 spiro atoms. The van der Waals surface area contributed by atoms with Crippen molar-refractivity contribution in [3.63, 3.8) is 0 Å². The van der Waals surface area contributed by atoms with Crippen LogP contribution in [0.3, 0.4) is 0 Å². The third kappa shape index (κ3) is 4.86. The van der Waals surface area contributed by atoms with Gasteiger partial charge in [-0.05, 0) is 19.3 Å². The first-order chi connectivity index (χ1) is 6.54. The average molecular weight is 196 g/mol. The van der Waals surface area contributed by atoms with Gasteiger partial charge in [0.2, 0.25) is 5.91 Å². The van der Waals surface area contributed by atoms with Gasteiger partial charge < -0.3 is 5.32 Å². The van der Waals surface area contributed by atoms with Gasteiger partial charge in [-0.3, -0.25) is 4.79 Å². The Morgan fingerprint density at radius 3 is 2.57 bits per heavy atom. The normalized spacial score (nSPS) is 10.7. The van der Waals surface area contributed by atoms with Crippen molar-refractivity contribution in [2.45, 2.75) is 46.5 Å². The number of nitrogens with zero attached hydrogens (tertiary/aromatic N) is 1. The lowest BCUT2D eigenvalue weighted by molar-refractivity contribution is -0.129. The fourth-order valence-corrected chi connectivity index (χ4v) is 0.931. The van der Waals surface area contributed by atoms with Gasteiger partial charge in [-0.1, -0.05) is 20.8 Å². The molecule has 14 heavy (non-hydrogen) atoms. The maximum Gasteiger partial charge on any atom is 0.225 e. The summed E-state index contributed by atoms with van der Waals surface area (Å²) in [5.41, 5.74) is -0.269. The maximum atomic E-state index is 11.6. The summed E-state index contributed by atoms with van der Waals surface area (Å²) in [6, 6.07) is 2.08. The van der Waals surface area contributed by atoms with Gasteiger partial charge in [0.25, 0.3) is 0 Å². The molecule has 0 bridgehead atoms.